The number of aromatic nitrogens is 3. The number of carbonyl (C=O) groups is 2. The molecule has 0 unspecified atom stereocenters. The van der Waals surface area contributed by atoms with E-state index in [0.29, 0.717) is 34.1 Å². The van der Waals surface area contributed by atoms with Gasteiger partial charge in [0.05, 0.1) is 34.0 Å². The van der Waals surface area contributed by atoms with Crippen molar-refractivity contribution in [2.24, 2.45) is 0 Å². The van der Waals surface area contributed by atoms with Crippen molar-refractivity contribution in [3.05, 3.63) is 71.8 Å². The zero-order chi connectivity index (χ0) is 31.9. The molecule has 1 heterocycles. The molecule has 1 aliphatic rings. The van der Waals surface area contributed by atoms with E-state index >= 15 is 0 Å². The number of fused-ring (bicyclic) bond motifs is 1. The van der Waals surface area contributed by atoms with Crippen molar-refractivity contribution >= 4 is 22.8 Å². The van der Waals surface area contributed by atoms with E-state index < -0.39 is 12.1 Å². The highest BCUT2D eigenvalue weighted by Gasteiger charge is 2.37. The molecule has 2 amide bonds. The first-order chi connectivity index (χ1) is 21.9. The van der Waals surface area contributed by atoms with E-state index in [9.17, 15) is 9.59 Å². The van der Waals surface area contributed by atoms with Gasteiger partial charge in [0, 0.05) is 12.6 Å². The van der Waals surface area contributed by atoms with Gasteiger partial charge in [0.2, 0.25) is 17.6 Å². The Morgan fingerprint density at radius 1 is 0.911 bits per heavy atom. The summed E-state index contributed by atoms with van der Waals surface area (Å²) in [7, 11) is 6.16. The summed E-state index contributed by atoms with van der Waals surface area (Å²) in [5.74, 6) is 1.20. The molecule has 4 aromatic rings. The van der Waals surface area contributed by atoms with Gasteiger partial charge in [-0.25, -0.2) is 4.68 Å². The summed E-state index contributed by atoms with van der Waals surface area (Å²) in [6.07, 6.45) is 5.01. The highest BCUT2D eigenvalue weighted by Crippen LogP contribution is 2.41. The minimum atomic E-state index is -1.04. The van der Waals surface area contributed by atoms with Crippen LogP contribution in [0.15, 0.2) is 60.7 Å². The van der Waals surface area contributed by atoms with Gasteiger partial charge in [-0.15, -0.1) is 5.10 Å². The van der Waals surface area contributed by atoms with Crippen LogP contribution in [-0.4, -0.2) is 66.2 Å². The predicted octanol–water partition coefficient (Wildman–Crippen LogP) is 5.25. The summed E-state index contributed by atoms with van der Waals surface area (Å²) in [5, 5.41) is 11.9. The number of carbonyl (C=O) groups excluding carboxylic acids is 2. The minimum Gasteiger partial charge on any atom is -0.497 e. The van der Waals surface area contributed by atoms with Crippen molar-refractivity contribution < 1.29 is 28.5 Å². The van der Waals surface area contributed by atoms with E-state index in [0.717, 1.165) is 43.2 Å². The first kappa shape index (κ1) is 31.6. The van der Waals surface area contributed by atoms with Gasteiger partial charge in [-0.1, -0.05) is 48.7 Å². The number of rotatable bonds is 12. The second-order valence-electron chi connectivity index (χ2n) is 11.2. The van der Waals surface area contributed by atoms with Crippen LogP contribution in [0.4, 0.5) is 0 Å². The Kier molecular flexibility index (Phi) is 10.1. The molecule has 0 aliphatic heterocycles. The van der Waals surface area contributed by atoms with Crippen molar-refractivity contribution in [1.82, 2.24) is 25.2 Å². The third-order valence-corrected chi connectivity index (χ3v) is 8.39. The van der Waals surface area contributed by atoms with Gasteiger partial charge in [0.1, 0.15) is 23.3 Å². The number of nitrogens with zero attached hydrogens (tertiary/aromatic N) is 4. The molecule has 0 spiro atoms. The Morgan fingerprint density at radius 3 is 2.29 bits per heavy atom. The fourth-order valence-electron chi connectivity index (χ4n) is 6.04. The topological polar surface area (TPSA) is 117 Å². The molecule has 11 nitrogen and oxygen atoms in total. The Bertz CT molecular complexity index is 1610. The first-order valence-electron chi connectivity index (χ1n) is 15.2. The quantitative estimate of drug-likeness (QED) is 0.230. The Hall–Kier alpha value is -4.80. The number of para-hydroxylation sites is 1. The van der Waals surface area contributed by atoms with Crippen LogP contribution in [0, 0.1) is 0 Å². The molecule has 5 rings (SSSR count). The molecule has 1 aliphatic carbocycles. The van der Waals surface area contributed by atoms with E-state index in [1.165, 1.54) is 21.3 Å². The first-order valence-corrected chi connectivity index (χ1v) is 15.2. The lowest BCUT2D eigenvalue weighted by Crippen LogP contribution is -2.48. The lowest BCUT2D eigenvalue weighted by atomic mass is 9.94. The normalized spacial score (nSPS) is 14.8. The fourth-order valence-corrected chi connectivity index (χ4v) is 6.04. The number of hydrogen-bond donors (Lipinski definition) is 1. The Morgan fingerprint density at radius 2 is 1.62 bits per heavy atom. The number of amides is 2. The van der Waals surface area contributed by atoms with Crippen molar-refractivity contribution in [2.45, 2.75) is 63.7 Å². The van der Waals surface area contributed by atoms with Gasteiger partial charge < -0.3 is 29.2 Å². The maximum Gasteiger partial charge on any atom is 0.248 e. The third-order valence-electron chi connectivity index (χ3n) is 8.39. The molecular weight excluding hydrogens is 574 g/mol. The standard InChI is InChI=1S/C34H41N5O6/c1-22(39-28-17-10-9-16-27(28)36-37-39)34(41)38(21-23-12-11-15-26(18-23)42-2)31(33(40)35-25-13-7-6-8-14-25)24-19-29(43-3)32(45-5)30(20-24)44-4/h9-12,15-20,22,25,31H,6-8,13-14,21H2,1-5H3,(H,35,40)/t22-,31+/m0/s1. The minimum absolute atomic E-state index is 0.0150. The second kappa shape index (κ2) is 14.3. The molecule has 1 saturated carbocycles. The lowest BCUT2D eigenvalue weighted by molar-refractivity contribution is -0.144. The molecule has 1 fully saturated rings. The molecule has 2 atom stereocenters. The number of benzene rings is 3. The maximum absolute atomic E-state index is 14.7. The van der Waals surface area contributed by atoms with Gasteiger partial charge in [0.15, 0.2) is 11.5 Å². The number of methoxy groups -OCH3 is 4. The average Bonchev–Trinajstić information content (AvgIpc) is 3.51. The van der Waals surface area contributed by atoms with Gasteiger partial charge in [-0.05, 0) is 67.3 Å². The van der Waals surface area contributed by atoms with Gasteiger partial charge >= 0.3 is 0 Å². The predicted molar refractivity (Wildman–Crippen MR) is 170 cm³/mol. The van der Waals surface area contributed by atoms with Gasteiger partial charge in [0.25, 0.3) is 0 Å². The van der Waals surface area contributed by atoms with Crippen molar-refractivity contribution in [3.63, 3.8) is 0 Å². The SMILES string of the molecule is COc1cccc(CN(C(=O)[C@H](C)n2nnc3ccccc32)[C@@H](C(=O)NC2CCCCC2)c2cc(OC)c(OC)c(OC)c2)c1. The molecule has 45 heavy (non-hydrogen) atoms. The van der Waals surface area contributed by atoms with Crippen LogP contribution >= 0.6 is 0 Å². The summed E-state index contributed by atoms with van der Waals surface area (Å²) in [6.45, 7) is 1.89. The molecule has 11 heteroatoms. The van der Waals surface area contributed by atoms with Crippen LogP contribution in [0.25, 0.3) is 11.0 Å². The molecule has 1 aromatic heterocycles. The van der Waals surface area contributed by atoms with E-state index in [2.05, 4.69) is 15.6 Å². The van der Waals surface area contributed by atoms with Crippen LogP contribution in [0.5, 0.6) is 23.0 Å². The van der Waals surface area contributed by atoms with E-state index in [-0.39, 0.29) is 24.4 Å². The molecule has 0 radical (unpaired) electrons. The Balaban J connectivity index is 1.65. The van der Waals surface area contributed by atoms with Gasteiger partial charge in [-0.3, -0.25) is 9.59 Å². The third kappa shape index (κ3) is 6.82. The summed E-state index contributed by atoms with van der Waals surface area (Å²) in [6, 6.07) is 16.6. The van der Waals surface area contributed by atoms with Gasteiger partial charge in [-0.2, -0.15) is 0 Å². The number of ether oxygens (including phenoxy) is 4. The van der Waals surface area contributed by atoms with Crippen LogP contribution in [0.2, 0.25) is 0 Å². The molecule has 0 bridgehead atoms. The second-order valence-corrected chi connectivity index (χ2v) is 11.2. The summed E-state index contributed by atoms with van der Waals surface area (Å²) in [4.78, 5) is 30.8. The van der Waals surface area contributed by atoms with Crippen LogP contribution in [0.3, 0.4) is 0 Å². The molecule has 238 valence electrons. The van der Waals surface area contributed by atoms with Crippen molar-refractivity contribution in [3.8, 4) is 23.0 Å². The maximum atomic E-state index is 14.7. The monoisotopic (exact) mass is 615 g/mol. The molecule has 1 N–H and O–H groups in total. The highest BCUT2D eigenvalue weighted by molar-refractivity contribution is 5.91. The molecular formula is C34H41N5O6. The zero-order valence-corrected chi connectivity index (χ0v) is 26.5. The van der Waals surface area contributed by atoms with E-state index in [4.69, 9.17) is 18.9 Å². The average molecular weight is 616 g/mol. The largest absolute Gasteiger partial charge is 0.497 e. The van der Waals surface area contributed by atoms with Crippen molar-refractivity contribution in [1.29, 1.82) is 0 Å². The molecule has 0 saturated heterocycles. The smallest absolute Gasteiger partial charge is 0.248 e. The Labute approximate surface area is 263 Å². The van der Waals surface area contributed by atoms with E-state index in [1.54, 1.807) is 35.7 Å². The van der Waals surface area contributed by atoms with Crippen molar-refractivity contribution in [2.75, 3.05) is 28.4 Å². The zero-order valence-electron chi connectivity index (χ0n) is 26.5. The van der Waals surface area contributed by atoms with Crippen LogP contribution in [0.1, 0.15) is 62.2 Å². The van der Waals surface area contributed by atoms with E-state index in [1.807, 2.05) is 48.5 Å². The van der Waals surface area contributed by atoms with Crippen LogP contribution in [-0.2, 0) is 16.1 Å². The van der Waals surface area contributed by atoms with Crippen LogP contribution < -0.4 is 24.3 Å². The number of hydrogen-bond acceptors (Lipinski definition) is 8. The number of nitrogens with one attached hydrogen (secondary N) is 1. The highest BCUT2D eigenvalue weighted by atomic mass is 16.5. The molecule has 3 aromatic carbocycles. The lowest BCUT2D eigenvalue weighted by Gasteiger charge is -2.35. The summed E-state index contributed by atoms with van der Waals surface area (Å²) >= 11 is 0. The summed E-state index contributed by atoms with van der Waals surface area (Å²) < 4.78 is 24.0. The summed E-state index contributed by atoms with van der Waals surface area (Å²) in [5.41, 5.74) is 2.70. The fraction of sp³-hybridized carbons (Fsp3) is 0.412.